The number of nitrogens with zero attached hydrogens (tertiary/aromatic N) is 1. The van der Waals surface area contributed by atoms with Crippen LogP contribution in [0.25, 0.3) is 0 Å². The van der Waals surface area contributed by atoms with Gasteiger partial charge in [-0.1, -0.05) is 11.6 Å². The molecule has 1 aromatic heterocycles. The largest absolute Gasteiger partial charge is 0.378 e. The lowest BCUT2D eigenvalue weighted by Crippen LogP contribution is -2.48. The summed E-state index contributed by atoms with van der Waals surface area (Å²) in [6.45, 7) is 0.800. The van der Waals surface area contributed by atoms with Gasteiger partial charge in [-0.3, -0.25) is 4.98 Å². The summed E-state index contributed by atoms with van der Waals surface area (Å²) in [6, 6.07) is 1.28. The number of hydrogen-bond acceptors (Lipinski definition) is 4. The molecule has 2 heterocycles. The molecule has 0 atom stereocenters. The minimum atomic E-state index is -3.58. The molecule has 0 bridgehead atoms. The van der Waals surface area contributed by atoms with E-state index < -0.39 is 10.0 Å². The van der Waals surface area contributed by atoms with Crippen molar-refractivity contribution in [2.24, 2.45) is 0 Å². The molecule has 15 heavy (non-hydrogen) atoms. The minimum absolute atomic E-state index is 0.00133. The highest BCUT2D eigenvalue weighted by Crippen LogP contribution is 2.19. The monoisotopic (exact) mass is 248 g/mol. The second-order valence-corrected chi connectivity index (χ2v) is 5.25. The van der Waals surface area contributed by atoms with Crippen LogP contribution in [0, 0.1) is 0 Å². The maximum Gasteiger partial charge on any atom is 0.244 e. The summed E-state index contributed by atoms with van der Waals surface area (Å²) in [7, 11) is -3.58. The molecule has 0 amide bonds. The molecule has 0 spiro atoms. The van der Waals surface area contributed by atoms with Crippen molar-refractivity contribution in [3.05, 3.63) is 23.5 Å². The lowest BCUT2D eigenvalue weighted by atomic mass is 10.3. The molecule has 1 saturated heterocycles. The second kappa shape index (κ2) is 4.05. The summed E-state index contributed by atoms with van der Waals surface area (Å²) < 4.78 is 30.9. The van der Waals surface area contributed by atoms with Crippen molar-refractivity contribution in [2.75, 3.05) is 13.2 Å². The predicted octanol–water partition coefficient (Wildman–Crippen LogP) is 0.412. The smallest absolute Gasteiger partial charge is 0.244 e. The van der Waals surface area contributed by atoms with Crippen molar-refractivity contribution < 1.29 is 13.2 Å². The van der Waals surface area contributed by atoms with Crippen LogP contribution in [0.15, 0.2) is 23.4 Å². The van der Waals surface area contributed by atoms with Crippen LogP contribution in [0.3, 0.4) is 0 Å². The maximum absolute atomic E-state index is 11.8. The minimum Gasteiger partial charge on any atom is -0.378 e. The molecule has 2 rings (SSSR count). The van der Waals surface area contributed by atoms with Crippen LogP contribution in [0.4, 0.5) is 0 Å². The normalized spacial score (nSPS) is 17.4. The molecule has 0 radical (unpaired) electrons. The number of hydrogen-bond donors (Lipinski definition) is 1. The number of rotatable bonds is 3. The predicted molar refractivity (Wildman–Crippen MR) is 54.2 cm³/mol. The fraction of sp³-hybridized carbons (Fsp3) is 0.375. The Hall–Kier alpha value is -0.690. The molecular formula is C8H9ClN2O3S. The molecule has 7 heteroatoms. The summed E-state index contributed by atoms with van der Waals surface area (Å²) >= 11 is 5.76. The molecule has 1 fully saturated rings. The van der Waals surface area contributed by atoms with Crippen LogP contribution < -0.4 is 4.72 Å². The Bertz CT molecular complexity index is 459. The molecule has 5 nitrogen and oxygen atoms in total. The topological polar surface area (TPSA) is 68.3 Å². The van der Waals surface area contributed by atoms with Crippen LogP contribution in [-0.4, -0.2) is 32.7 Å². The van der Waals surface area contributed by atoms with E-state index in [4.69, 9.17) is 16.3 Å². The quantitative estimate of drug-likeness (QED) is 0.842. The first kappa shape index (κ1) is 10.8. The average Bonchev–Trinajstić information content (AvgIpc) is 2.12. The Balaban J connectivity index is 2.24. The Morgan fingerprint density at radius 3 is 2.80 bits per heavy atom. The van der Waals surface area contributed by atoms with E-state index >= 15 is 0 Å². The first-order chi connectivity index (χ1) is 7.09. The molecule has 0 aliphatic carbocycles. The van der Waals surface area contributed by atoms with Crippen LogP contribution in [-0.2, 0) is 14.8 Å². The van der Waals surface area contributed by atoms with E-state index in [1.165, 1.54) is 18.5 Å². The molecular weight excluding hydrogens is 240 g/mol. The van der Waals surface area contributed by atoms with Crippen LogP contribution in [0.5, 0.6) is 0 Å². The zero-order valence-corrected chi connectivity index (χ0v) is 9.25. The van der Waals surface area contributed by atoms with Gasteiger partial charge in [-0.2, -0.15) is 0 Å². The molecule has 82 valence electrons. The third-order valence-corrected chi connectivity index (χ3v) is 3.97. The van der Waals surface area contributed by atoms with E-state index in [-0.39, 0.29) is 16.0 Å². The van der Waals surface area contributed by atoms with Gasteiger partial charge in [-0.15, -0.1) is 0 Å². The fourth-order valence-electron chi connectivity index (χ4n) is 1.15. The first-order valence-electron chi connectivity index (χ1n) is 4.29. The van der Waals surface area contributed by atoms with Gasteiger partial charge in [0.05, 0.1) is 24.3 Å². The Labute approximate surface area is 92.5 Å². The van der Waals surface area contributed by atoms with E-state index in [0.29, 0.717) is 13.2 Å². The third kappa shape index (κ3) is 2.28. The highest BCUT2D eigenvalue weighted by Gasteiger charge is 2.26. The number of aromatic nitrogens is 1. The summed E-state index contributed by atoms with van der Waals surface area (Å²) in [6.07, 6.45) is 2.66. The van der Waals surface area contributed by atoms with E-state index in [1.807, 2.05) is 0 Å². The molecule has 0 unspecified atom stereocenters. The van der Waals surface area contributed by atoms with E-state index in [2.05, 4.69) is 9.71 Å². The van der Waals surface area contributed by atoms with Gasteiger partial charge >= 0.3 is 0 Å². The Morgan fingerprint density at radius 1 is 1.53 bits per heavy atom. The summed E-state index contributed by atoms with van der Waals surface area (Å²) in [4.78, 5) is 3.73. The van der Waals surface area contributed by atoms with Crippen LogP contribution >= 0.6 is 11.6 Å². The van der Waals surface area contributed by atoms with Crippen molar-refractivity contribution in [3.63, 3.8) is 0 Å². The lowest BCUT2D eigenvalue weighted by Gasteiger charge is -2.26. The van der Waals surface area contributed by atoms with Crippen molar-refractivity contribution in [1.29, 1.82) is 0 Å². The summed E-state index contributed by atoms with van der Waals surface area (Å²) in [5, 5.41) is 0.165. The van der Waals surface area contributed by atoms with Crippen molar-refractivity contribution >= 4 is 21.6 Å². The number of pyridine rings is 1. The zero-order chi connectivity index (χ0) is 10.9. The van der Waals surface area contributed by atoms with Crippen molar-refractivity contribution in [3.8, 4) is 0 Å². The van der Waals surface area contributed by atoms with Gasteiger partial charge in [-0.25, -0.2) is 13.1 Å². The second-order valence-electron chi connectivity index (χ2n) is 3.16. The molecule has 1 aliphatic rings. The zero-order valence-electron chi connectivity index (χ0n) is 7.68. The molecule has 1 N–H and O–H groups in total. The Morgan fingerprint density at radius 2 is 2.27 bits per heavy atom. The standard InChI is InChI=1S/C8H9ClN2O3S/c9-7-1-2-10-3-8(7)15(12,13)11-6-4-14-5-6/h1-3,6,11H,4-5H2. The van der Waals surface area contributed by atoms with Gasteiger partial charge in [0.2, 0.25) is 10.0 Å². The molecule has 0 saturated carbocycles. The number of halogens is 1. The molecule has 0 aromatic carbocycles. The average molecular weight is 249 g/mol. The van der Waals surface area contributed by atoms with E-state index in [9.17, 15) is 8.42 Å². The van der Waals surface area contributed by atoms with Crippen LogP contribution in [0.1, 0.15) is 0 Å². The van der Waals surface area contributed by atoms with E-state index in [1.54, 1.807) is 0 Å². The van der Waals surface area contributed by atoms with Crippen molar-refractivity contribution in [2.45, 2.75) is 10.9 Å². The number of ether oxygens (including phenoxy) is 1. The van der Waals surface area contributed by atoms with Gasteiger partial charge < -0.3 is 4.74 Å². The van der Waals surface area contributed by atoms with Gasteiger partial charge in [0, 0.05) is 12.4 Å². The maximum atomic E-state index is 11.8. The Kier molecular flexibility index (Phi) is 2.92. The highest BCUT2D eigenvalue weighted by atomic mass is 35.5. The third-order valence-electron chi connectivity index (χ3n) is 1.98. The highest BCUT2D eigenvalue weighted by molar-refractivity contribution is 7.89. The van der Waals surface area contributed by atoms with Gasteiger partial charge in [-0.05, 0) is 6.07 Å². The van der Waals surface area contributed by atoms with Gasteiger partial charge in [0.15, 0.2) is 0 Å². The molecule has 1 aliphatic heterocycles. The summed E-state index contributed by atoms with van der Waals surface area (Å²) in [5.74, 6) is 0. The van der Waals surface area contributed by atoms with Crippen molar-refractivity contribution in [1.82, 2.24) is 9.71 Å². The SMILES string of the molecule is O=S(=O)(NC1COC1)c1cnccc1Cl. The van der Waals surface area contributed by atoms with Gasteiger partial charge in [0.1, 0.15) is 4.90 Å². The lowest BCUT2D eigenvalue weighted by molar-refractivity contribution is 0.00482. The van der Waals surface area contributed by atoms with E-state index in [0.717, 1.165) is 0 Å². The van der Waals surface area contributed by atoms with Crippen LogP contribution in [0.2, 0.25) is 5.02 Å². The summed E-state index contributed by atoms with van der Waals surface area (Å²) in [5.41, 5.74) is 0. The van der Waals surface area contributed by atoms with Gasteiger partial charge in [0.25, 0.3) is 0 Å². The first-order valence-corrected chi connectivity index (χ1v) is 6.15. The molecule has 1 aromatic rings. The number of sulfonamides is 1. The number of nitrogens with one attached hydrogen (secondary N) is 1. The fourth-order valence-corrected chi connectivity index (χ4v) is 2.78.